The molecule has 3 rings (SSSR count). The van der Waals surface area contributed by atoms with Gasteiger partial charge in [-0.2, -0.15) is 0 Å². The molecule has 3 atom stereocenters. The second kappa shape index (κ2) is 21.1. The lowest BCUT2D eigenvalue weighted by molar-refractivity contribution is -0.145. The van der Waals surface area contributed by atoms with Crippen molar-refractivity contribution in [3.8, 4) is 0 Å². The van der Waals surface area contributed by atoms with Crippen molar-refractivity contribution >= 4 is 23.8 Å². The summed E-state index contributed by atoms with van der Waals surface area (Å²) in [6.07, 6.45) is 28.8. The first kappa shape index (κ1) is 41.1. The summed E-state index contributed by atoms with van der Waals surface area (Å²) in [4.78, 5) is 30.4. The molecule has 3 unspecified atom stereocenters. The van der Waals surface area contributed by atoms with Crippen LogP contribution in [0.4, 0.5) is 0 Å². The molecule has 2 amide bonds. The van der Waals surface area contributed by atoms with E-state index in [0.29, 0.717) is 5.92 Å². The van der Waals surface area contributed by atoms with E-state index in [4.69, 9.17) is 0 Å². The molecule has 4 nitrogen and oxygen atoms in total. The third kappa shape index (κ3) is 13.1. The average Bonchev–Trinajstić information content (AvgIpc) is 3.25. The van der Waals surface area contributed by atoms with Gasteiger partial charge in [-0.25, -0.2) is 4.31 Å². The summed E-state index contributed by atoms with van der Waals surface area (Å²) >= 11 is 1.80. The van der Waals surface area contributed by atoms with Crippen LogP contribution in [-0.4, -0.2) is 38.1 Å². The summed E-state index contributed by atoms with van der Waals surface area (Å²) in [5, 5.41) is 0. The largest absolute Gasteiger partial charge is 0.279 e. The van der Waals surface area contributed by atoms with Gasteiger partial charge in [0.05, 0.1) is 5.92 Å². The van der Waals surface area contributed by atoms with Gasteiger partial charge in [0.15, 0.2) is 0 Å². The quantitative estimate of drug-likeness (QED) is 0.0618. The second-order valence-corrected chi connectivity index (χ2v) is 18.0. The molecule has 1 aromatic rings. The van der Waals surface area contributed by atoms with Crippen molar-refractivity contribution in [1.29, 1.82) is 0 Å². The minimum atomic E-state index is -0.205. The van der Waals surface area contributed by atoms with Gasteiger partial charge < -0.3 is 0 Å². The van der Waals surface area contributed by atoms with Crippen LogP contribution in [0.1, 0.15) is 190 Å². The molecule has 2 saturated heterocycles. The summed E-state index contributed by atoms with van der Waals surface area (Å²) in [7, 11) is 0. The summed E-state index contributed by atoms with van der Waals surface area (Å²) in [6, 6.07) is 10.5. The highest BCUT2D eigenvalue weighted by molar-refractivity contribution is 7.97. The Labute approximate surface area is 301 Å². The number of hydrogen-bond donors (Lipinski definition) is 0. The van der Waals surface area contributed by atoms with Crippen molar-refractivity contribution in [2.24, 2.45) is 17.8 Å². The Morgan fingerprint density at radius 3 is 1.58 bits per heavy atom. The lowest BCUT2D eigenvalue weighted by Gasteiger charge is -2.55. The smallest absolute Gasteiger partial charge is 0.233 e. The maximum absolute atomic E-state index is 13.9. The Morgan fingerprint density at radius 1 is 0.688 bits per heavy atom. The van der Waals surface area contributed by atoms with Gasteiger partial charge in [0.25, 0.3) is 0 Å². The van der Waals surface area contributed by atoms with E-state index < -0.39 is 0 Å². The minimum Gasteiger partial charge on any atom is -0.279 e. The maximum Gasteiger partial charge on any atom is 0.233 e. The van der Waals surface area contributed by atoms with E-state index in [1.807, 2.05) is 6.92 Å². The van der Waals surface area contributed by atoms with Crippen molar-refractivity contribution in [2.75, 3.05) is 0 Å². The number of unbranched alkanes of at least 4 members (excludes halogenated alkanes) is 17. The molecule has 0 spiro atoms. The first-order valence-corrected chi connectivity index (χ1v) is 21.2. The number of nitrogens with zero attached hydrogens (tertiary/aromatic N) is 2. The number of carbonyl (C=O) groups excluding carboxylic acids is 2. The van der Waals surface area contributed by atoms with Crippen LogP contribution >= 0.6 is 11.9 Å². The van der Waals surface area contributed by atoms with E-state index in [9.17, 15) is 9.59 Å². The number of amides is 2. The topological polar surface area (TPSA) is 40.6 Å². The molecule has 48 heavy (non-hydrogen) atoms. The first-order valence-electron chi connectivity index (χ1n) is 20.4. The molecule has 0 saturated carbocycles. The molecule has 5 heteroatoms. The molecule has 2 aliphatic heterocycles. The zero-order chi connectivity index (χ0) is 35.0. The number of benzene rings is 1. The maximum atomic E-state index is 13.9. The summed E-state index contributed by atoms with van der Waals surface area (Å²) in [6.45, 7) is 15.7. The third-order valence-corrected chi connectivity index (χ3v) is 13.0. The SMILES string of the molecule is CCCCCCCCCCCCCCCCCCCCC(C)CC1C(=O)N(C2CC(C)(C)N(Sc3ccccc3)C(C)(C)C2)C(=O)C1C. The molecule has 1 aromatic carbocycles. The fourth-order valence-corrected chi connectivity index (χ4v) is 9.86. The predicted octanol–water partition coefficient (Wildman–Crippen LogP) is 12.8. The van der Waals surface area contributed by atoms with E-state index in [2.05, 4.69) is 76.2 Å². The summed E-state index contributed by atoms with van der Waals surface area (Å²) in [5.74, 6) is 0.269. The van der Waals surface area contributed by atoms with E-state index >= 15 is 0 Å². The Hall–Kier alpha value is -1.33. The van der Waals surface area contributed by atoms with Crippen molar-refractivity contribution in [3.05, 3.63) is 30.3 Å². The monoisotopic (exact) mass is 683 g/mol. The van der Waals surface area contributed by atoms with Gasteiger partial charge in [-0.1, -0.05) is 161 Å². The molecule has 0 aliphatic carbocycles. The zero-order valence-corrected chi connectivity index (χ0v) is 33.2. The highest BCUT2D eigenvalue weighted by Crippen LogP contribution is 2.48. The normalized spacial score (nSPS) is 22.1. The van der Waals surface area contributed by atoms with Crippen LogP contribution in [0.2, 0.25) is 0 Å². The van der Waals surface area contributed by atoms with Crippen molar-refractivity contribution in [1.82, 2.24) is 9.21 Å². The van der Waals surface area contributed by atoms with Crippen molar-refractivity contribution in [2.45, 2.75) is 212 Å². The number of imide groups is 1. The van der Waals surface area contributed by atoms with Gasteiger partial charge in [-0.15, -0.1) is 0 Å². The molecular formula is C43H74N2O2S. The van der Waals surface area contributed by atoms with Crippen LogP contribution < -0.4 is 0 Å². The van der Waals surface area contributed by atoms with Gasteiger partial charge >= 0.3 is 0 Å². The summed E-state index contributed by atoms with van der Waals surface area (Å²) < 4.78 is 2.50. The molecule has 2 fully saturated rings. The van der Waals surface area contributed by atoms with Crippen LogP contribution in [0.3, 0.4) is 0 Å². The minimum absolute atomic E-state index is 0.0414. The van der Waals surface area contributed by atoms with Gasteiger partial charge in [-0.05, 0) is 77.0 Å². The molecule has 274 valence electrons. The standard InChI is InChI=1S/C43H74N2O2S/c1-8-9-10-11-12-13-14-15-16-17-18-19-20-21-22-23-24-26-29-35(2)32-39-36(3)40(46)44(41(39)47)37-33-42(4,5)45(43(6,7)34-37)48-38-30-27-25-28-31-38/h25,27-28,30-31,35-37,39H,8-24,26,29,32-34H2,1-7H3. The molecule has 0 aromatic heterocycles. The highest BCUT2D eigenvalue weighted by Gasteiger charge is 2.54. The van der Waals surface area contributed by atoms with E-state index in [1.165, 1.54) is 127 Å². The zero-order valence-electron chi connectivity index (χ0n) is 32.4. The average molecular weight is 683 g/mol. The van der Waals surface area contributed by atoms with Crippen LogP contribution in [-0.2, 0) is 9.59 Å². The van der Waals surface area contributed by atoms with Crippen LogP contribution in [0.15, 0.2) is 35.2 Å². The van der Waals surface area contributed by atoms with Crippen LogP contribution in [0.25, 0.3) is 0 Å². The molecular weight excluding hydrogens is 609 g/mol. The van der Waals surface area contributed by atoms with Gasteiger partial charge in [-0.3, -0.25) is 14.5 Å². The number of likely N-dealkylation sites (tertiary alicyclic amines) is 1. The number of hydrogen-bond acceptors (Lipinski definition) is 4. The third-order valence-electron chi connectivity index (χ3n) is 11.4. The predicted molar refractivity (Wildman–Crippen MR) is 207 cm³/mol. The Bertz CT molecular complexity index is 1040. The van der Waals surface area contributed by atoms with E-state index in [-0.39, 0.29) is 40.8 Å². The number of carbonyl (C=O) groups is 2. The van der Waals surface area contributed by atoms with Crippen molar-refractivity contribution < 1.29 is 9.59 Å². The lowest BCUT2D eigenvalue weighted by Crippen LogP contribution is -2.62. The molecule has 2 heterocycles. The van der Waals surface area contributed by atoms with Gasteiger partial charge in [0.1, 0.15) is 0 Å². The number of piperidine rings is 1. The van der Waals surface area contributed by atoms with Crippen LogP contribution in [0, 0.1) is 17.8 Å². The second-order valence-electron chi connectivity index (χ2n) is 17.0. The van der Waals surface area contributed by atoms with Crippen LogP contribution in [0.5, 0.6) is 0 Å². The molecule has 0 bridgehead atoms. The fourth-order valence-electron chi connectivity index (χ4n) is 8.73. The van der Waals surface area contributed by atoms with Gasteiger partial charge in [0, 0.05) is 27.9 Å². The van der Waals surface area contributed by atoms with E-state index in [1.54, 1.807) is 16.8 Å². The molecule has 2 aliphatic rings. The van der Waals surface area contributed by atoms with Gasteiger partial charge in [0.2, 0.25) is 11.8 Å². The van der Waals surface area contributed by atoms with Crippen molar-refractivity contribution in [3.63, 3.8) is 0 Å². The Morgan fingerprint density at radius 2 is 1.12 bits per heavy atom. The molecule has 0 radical (unpaired) electrons. The Balaban J connectivity index is 1.29. The molecule has 0 N–H and O–H groups in total. The fraction of sp³-hybridized carbons (Fsp3) is 0.814. The first-order chi connectivity index (χ1) is 23.0. The number of rotatable bonds is 24. The summed E-state index contributed by atoms with van der Waals surface area (Å²) in [5.41, 5.74) is -0.316. The van der Waals surface area contributed by atoms with E-state index in [0.717, 1.165) is 19.3 Å². The lowest BCUT2D eigenvalue weighted by atomic mass is 9.79. The highest BCUT2D eigenvalue weighted by atomic mass is 32.2. The Kier molecular flexibility index (Phi) is 18.1.